The number of sulfone groups is 1. The van der Waals surface area contributed by atoms with Gasteiger partial charge in [-0.1, -0.05) is 6.07 Å². The van der Waals surface area contributed by atoms with Crippen molar-refractivity contribution in [2.45, 2.75) is 49.8 Å². The average molecular weight is 328 g/mol. The molecular formula is C15H24N2O4S. The molecule has 0 heterocycles. The fraction of sp³-hybridized carbons (Fsp3) is 0.533. The Balaban J connectivity index is 3.41. The number of carbonyl (C=O) groups is 1. The van der Waals surface area contributed by atoms with Gasteiger partial charge >= 0.3 is 5.97 Å². The second-order valence-corrected chi connectivity index (χ2v) is 7.75. The van der Waals surface area contributed by atoms with Crippen molar-refractivity contribution in [3.8, 4) is 0 Å². The molecule has 0 aliphatic heterocycles. The highest BCUT2D eigenvalue weighted by molar-refractivity contribution is 7.93. The summed E-state index contributed by atoms with van der Waals surface area (Å²) in [6.45, 7) is 5.69. The number of rotatable bonds is 7. The first-order chi connectivity index (χ1) is 10.1. The van der Waals surface area contributed by atoms with Crippen LogP contribution in [0.3, 0.4) is 0 Å². The third-order valence-electron chi connectivity index (χ3n) is 4.14. The summed E-state index contributed by atoms with van der Waals surface area (Å²) >= 11 is 0. The zero-order valence-electron chi connectivity index (χ0n) is 13.2. The van der Waals surface area contributed by atoms with Crippen LogP contribution in [0.15, 0.2) is 17.0 Å². The average Bonchev–Trinajstić information content (AvgIpc) is 2.44. The Labute approximate surface area is 131 Å². The molecule has 1 rings (SSSR count). The lowest BCUT2D eigenvalue weighted by Gasteiger charge is -2.26. The maximum Gasteiger partial charge on any atom is 0.339 e. The van der Waals surface area contributed by atoms with Gasteiger partial charge in [-0.05, 0) is 69.3 Å². The lowest BCUT2D eigenvalue weighted by atomic mass is 10.1. The van der Waals surface area contributed by atoms with Crippen LogP contribution in [0.2, 0.25) is 0 Å². The summed E-state index contributed by atoms with van der Waals surface area (Å²) in [5.74, 6) is -1.54. The van der Waals surface area contributed by atoms with Crippen LogP contribution in [-0.2, 0) is 14.6 Å². The number of nitrogens with two attached hydrogens (primary N) is 2. The third kappa shape index (κ3) is 3.16. The molecule has 7 heteroatoms. The van der Waals surface area contributed by atoms with Gasteiger partial charge in [0.15, 0.2) is 0 Å². The van der Waals surface area contributed by atoms with E-state index in [1.165, 1.54) is 6.07 Å². The van der Waals surface area contributed by atoms with Crippen LogP contribution in [0, 0.1) is 20.8 Å². The van der Waals surface area contributed by atoms with E-state index >= 15 is 0 Å². The van der Waals surface area contributed by atoms with Crippen molar-refractivity contribution in [3.63, 3.8) is 0 Å². The predicted octanol–water partition coefficient (Wildman–Crippen LogP) is 1.25. The minimum atomic E-state index is -4.21. The lowest BCUT2D eigenvalue weighted by Crippen LogP contribution is -2.54. The van der Waals surface area contributed by atoms with E-state index in [1.807, 2.05) is 6.92 Å². The van der Waals surface area contributed by atoms with E-state index in [-0.39, 0.29) is 11.3 Å². The summed E-state index contributed by atoms with van der Waals surface area (Å²) < 4.78 is 25.7. The smallest absolute Gasteiger partial charge is 0.339 e. The van der Waals surface area contributed by atoms with Gasteiger partial charge in [-0.2, -0.15) is 0 Å². The Morgan fingerprint density at radius 3 is 2.27 bits per heavy atom. The molecule has 124 valence electrons. The number of carboxylic acid groups (broad SMARTS) is 1. The van der Waals surface area contributed by atoms with Crippen molar-refractivity contribution in [2.24, 2.45) is 11.5 Å². The summed E-state index contributed by atoms with van der Waals surface area (Å²) in [4.78, 5) is 9.20. The molecule has 0 saturated heterocycles. The summed E-state index contributed by atoms with van der Waals surface area (Å²) in [5, 5.41) is 9.41. The first kappa shape index (κ1) is 18.6. The Kier molecular flexibility index (Phi) is 5.72. The first-order valence-electron chi connectivity index (χ1n) is 7.13. The minimum absolute atomic E-state index is 0.0201. The molecule has 22 heavy (non-hydrogen) atoms. The van der Waals surface area contributed by atoms with E-state index < -0.39 is 20.7 Å². The van der Waals surface area contributed by atoms with Crippen LogP contribution in [0.4, 0.5) is 0 Å². The van der Waals surface area contributed by atoms with Crippen molar-refractivity contribution in [1.82, 2.24) is 0 Å². The predicted molar refractivity (Wildman–Crippen MR) is 85.3 cm³/mol. The number of unbranched alkanes of at least 4 members (excludes halogenated alkanes) is 1. The molecule has 0 saturated carbocycles. The van der Waals surface area contributed by atoms with E-state index in [0.717, 1.165) is 11.1 Å². The highest BCUT2D eigenvalue weighted by Crippen LogP contribution is 2.31. The SMILES string of the molecule is Cc1ccc(S(=O)(=O)[C@](N)(CCCCN)C(=O)O)c(C)c1C. The standard InChI is InChI=1S/C15H24N2O4S/c1-10-6-7-13(12(3)11(10)2)22(20,21)15(17,14(18)19)8-4-5-9-16/h6-7H,4-5,8-9,16-17H2,1-3H3,(H,18,19)/t15-/m1/s1. The Morgan fingerprint density at radius 1 is 1.18 bits per heavy atom. The lowest BCUT2D eigenvalue weighted by molar-refractivity contribution is -0.140. The molecule has 0 aliphatic rings. The first-order valence-corrected chi connectivity index (χ1v) is 8.61. The molecule has 0 unspecified atom stereocenters. The molecule has 0 fully saturated rings. The largest absolute Gasteiger partial charge is 0.479 e. The molecule has 1 atom stereocenters. The van der Waals surface area contributed by atoms with Crippen molar-refractivity contribution in [1.29, 1.82) is 0 Å². The maximum atomic E-state index is 12.8. The highest BCUT2D eigenvalue weighted by atomic mass is 32.2. The Bertz CT molecular complexity index is 670. The van der Waals surface area contributed by atoms with Crippen LogP contribution in [0.25, 0.3) is 0 Å². The number of aryl methyl sites for hydroxylation is 1. The highest BCUT2D eigenvalue weighted by Gasteiger charge is 2.48. The summed E-state index contributed by atoms with van der Waals surface area (Å²) in [6.07, 6.45) is 0.685. The molecule has 0 bridgehead atoms. The van der Waals surface area contributed by atoms with E-state index in [9.17, 15) is 18.3 Å². The molecule has 0 spiro atoms. The number of benzene rings is 1. The van der Waals surface area contributed by atoms with Crippen LogP contribution in [-0.4, -0.2) is 30.9 Å². The van der Waals surface area contributed by atoms with Gasteiger partial charge in [-0.15, -0.1) is 0 Å². The molecule has 6 nitrogen and oxygen atoms in total. The van der Waals surface area contributed by atoms with E-state index in [4.69, 9.17) is 11.5 Å². The molecular weight excluding hydrogens is 304 g/mol. The molecule has 0 amide bonds. The Morgan fingerprint density at radius 2 is 1.77 bits per heavy atom. The number of aliphatic carboxylic acids is 1. The quantitative estimate of drug-likeness (QED) is 0.647. The normalized spacial score (nSPS) is 14.6. The van der Waals surface area contributed by atoms with Gasteiger partial charge in [0, 0.05) is 0 Å². The van der Waals surface area contributed by atoms with E-state index in [0.29, 0.717) is 24.9 Å². The molecule has 5 N–H and O–H groups in total. The third-order valence-corrected chi connectivity index (χ3v) is 6.50. The van der Waals surface area contributed by atoms with Gasteiger partial charge in [-0.25, -0.2) is 13.2 Å². The monoisotopic (exact) mass is 328 g/mol. The molecule has 1 aromatic carbocycles. The van der Waals surface area contributed by atoms with Crippen LogP contribution < -0.4 is 11.5 Å². The molecule has 0 aliphatic carbocycles. The van der Waals surface area contributed by atoms with Gasteiger partial charge in [0.25, 0.3) is 0 Å². The summed E-state index contributed by atoms with van der Waals surface area (Å²) in [7, 11) is -4.21. The van der Waals surface area contributed by atoms with Gasteiger partial charge in [0.1, 0.15) is 0 Å². The van der Waals surface area contributed by atoms with Crippen molar-refractivity contribution in [2.75, 3.05) is 6.54 Å². The molecule has 1 aromatic rings. The number of hydrogen-bond donors (Lipinski definition) is 3. The summed E-state index contributed by atoms with van der Waals surface area (Å²) in [6, 6.07) is 3.10. The maximum absolute atomic E-state index is 12.8. The second kappa shape index (κ2) is 6.76. The topological polar surface area (TPSA) is 123 Å². The van der Waals surface area contributed by atoms with Gasteiger partial charge in [0.05, 0.1) is 4.90 Å². The Hall–Kier alpha value is -1.44. The zero-order chi connectivity index (χ0) is 17.1. The van der Waals surface area contributed by atoms with Crippen molar-refractivity contribution >= 4 is 15.8 Å². The van der Waals surface area contributed by atoms with Gasteiger partial charge in [0.2, 0.25) is 14.7 Å². The van der Waals surface area contributed by atoms with Crippen LogP contribution in [0.1, 0.15) is 36.0 Å². The minimum Gasteiger partial charge on any atom is -0.479 e. The van der Waals surface area contributed by atoms with Gasteiger partial charge < -0.3 is 16.6 Å². The van der Waals surface area contributed by atoms with Crippen LogP contribution >= 0.6 is 0 Å². The van der Waals surface area contributed by atoms with Crippen molar-refractivity contribution < 1.29 is 18.3 Å². The number of hydrogen-bond acceptors (Lipinski definition) is 5. The molecule has 0 radical (unpaired) electrons. The van der Waals surface area contributed by atoms with Crippen LogP contribution in [0.5, 0.6) is 0 Å². The van der Waals surface area contributed by atoms with Crippen molar-refractivity contribution in [3.05, 3.63) is 28.8 Å². The van der Waals surface area contributed by atoms with Gasteiger partial charge in [-0.3, -0.25) is 0 Å². The van der Waals surface area contributed by atoms with E-state index in [2.05, 4.69) is 0 Å². The van der Waals surface area contributed by atoms with E-state index in [1.54, 1.807) is 19.9 Å². The fourth-order valence-electron chi connectivity index (χ4n) is 2.31. The summed E-state index contributed by atoms with van der Waals surface area (Å²) in [5.41, 5.74) is 13.5. The molecule has 0 aromatic heterocycles. The number of carboxylic acids is 1. The zero-order valence-corrected chi connectivity index (χ0v) is 14.0. The fourth-order valence-corrected chi connectivity index (χ4v) is 4.15. The second-order valence-electron chi connectivity index (χ2n) is 5.57.